The van der Waals surface area contributed by atoms with Crippen LogP contribution >= 0.6 is 12.4 Å². The molecular weight excluding hydrogens is 136 g/mol. The molecule has 0 amide bonds. The second-order valence-corrected chi connectivity index (χ2v) is 2.85. The molecular formula is C6H13ClN2. The summed E-state index contributed by atoms with van der Waals surface area (Å²) in [5.74, 6) is 0. The minimum absolute atomic E-state index is 0. The average Bonchev–Trinajstić information content (AvgIpc) is 1.80. The normalized spacial score (nSPS) is 41.0. The van der Waals surface area contributed by atoms with Gasteiger partial charge in [0.2, 0.25) is 0 Å². The Morgan fingerprint density at radius 1 is 1.56 bits per heavy atom. The number of halogens is 1. The maximum atomic E-state index is 3.40. The van der Waals surface area contributed by atoms with Crippen LogP contribution in [0.1, 0.15) is 6.42 Å². The van der Waals surface area contributed by atoms with E-state index in [1.807, 2.05) is 0 Å². The number of hydrogen-bond donors (Lipinski definition) is 1. The second kappa shape index (κ2) is 2.45. The van der Waals surface area contributed by atoms with Crippen molar-refractivity contribution in [2.24, 2.45) is 0 Å². The number of hydrogen-bond acceptors (Lipinski definition) is 2. The monoisotopic (exact) mass is 148 g/mol. The highest BCUT2D eigenvalue weighted by Gasteiger charge is 2.37. The van der Waals surface area contributed by atoms with Gasteiger partial charge in [0, 0.05) is 18.6 Å². The molecule has 0 aromatic heterocycles. The number of likely N-dealkylation sites (N-methyl/N-ethyl adjacent to an activating group) is 1. The second-order valence-electron chi connectivity index (χ2n) is 2.85. The molecule has 3 heteroatoms. The van der Waals surface area contributed by atoms with E-state index in [1.165, 1.54) is 19.5 Å². The molecule has 2 saturated heterocycles. The third kappa shape index (κ3) is 0.955. The first-order valence-corrected chi connectivity index (χ1v) is 3.31. The number of rotatable bonds is 0. The zero-order valence-corrected chi connectivity index (χ0v) is 6.45. The molecule has 2 aliphatic rings. The highest BCUT2D eigenvalue weighted by molar-refractivity contribution is 5.85. The van der Waals surface area contributed by atoms with Gasteiger partial charge in [-0.15, -0.1) is 12.4 Å². The molecule has 0 bridgehead atoms. The number of likely N-dealkylation sites (tertiary alicyclic amines) is 1. The summed E-state index contributed by atoms with van der Waals surface area (Å²) >= 11 is 0. The lowest BCUT2D eigenvalue weighted by molar-refractivity contribution is 0.206. The third-order valence-electron chi connectivity index (χ3n) is 2.41. The van der Waals surface area contributed by atoms with Crippen molar-refractivity contribution in [1.29, 1.82) is 0 Å². The molecule has 0 aliphatic carbocycles. The van der Waals surface area contributed by atoms with Gasteiger partial charge in [-0.3, -0.25) is 0 Å². The standard InChI is InChI=1S/C6H12N2.ClH/c1-8-3-2-5-6(8)4-7-5;/h5-7H,2-4H2,1H3;1H. The summed E-state index contributed by atoms with van der Waals surface area (Å²) in [6.07, 6.45) is 1.36. The van der Waals surface area contributed by atoms with Gasteiger partial charge in [-0.05, 0) is 20.0 Å². The summed E-state index contributed by atoms with van der Waals surface area (Å²) in [5, 5.41) is 3.40. The summed E-state index contributed by atoms with van der Waals surface area (Å²) in [6.45, 7) is 2.52. The van der Waals surface area contributed by atoms with E-state index in [0.29, 0.717) is 0 Å². The molecule has 2 unspecified atom stereocenters. The molecule has 0 spiro atoms. The predicted octanol–water partition coefficient (Wildman–Crippen LogP) is 0.0841. The molecule has 2 fully saturated rings. The first-order chi connectivity index (χ1) is 3.88. The van der Waals surface area contributed by atoms with Gasteiger partial charge >= 0.3 is 0 Å². The van der Waals surface area contributed by atoms with Gasteiger partial charge in [0.1, 0.15) is 0 Å². The first kappa shape index (κ1) is 7.32. The van der Waals surface area contributed by atoms with E-state index < -0.39 is 0 Å². The van der Waals surface area contributed by atoms with E-state index in [2.05, 4.69) is 17.3 Å². The van der Waals surface area contributed by atoms with Crippen molar-refractivity contribution < 1.29 is 0 Å². The smallest absolute Gasteiger partial charge is 0.0371 e. The Labute approximate surface area is 62.0 Å². The first-order valence-electron chi connectivity index (χ1n) is 3.31. The number of nitrogens with one attached hydrogen (secondary N) is 1. The zero-order chi connectivity index (χ0) is 5.56. The van der Waals surface area contributed by atoms with Crippen molar-refractivity contribution in [3.05, 3.63) is 0 Å². The van der Waals surface area contributed by atoms with Crippen molar-refractivity contribution in [3.8, 4) is 0 Å². The molecule has 2 aliphatic heterocycles. The van der Waals surface area contributed by atoms with Gasteiger partial charge in [-0.25, -0.2) is 0 Å². The highest BCUT2D eigenvalue weighted by Crippen LogP contribution is 2.21. The molecule has 0 radical (unpaired) electrons. The van der Waals surface area contributed by atoms with Crippen LogP contribution in [0.3, 0.4) is 0 Å². The summed E-state index contributed by atoms with van der Waals surface area (Å²) in [5.41, 5.74) is 0. The van der Waals surface area contributed by atoms with Crippen LogP contribution in [0.5, 0.6) is 0 Å². The fraction of sp³-hybridized carbons (Fsp3) is 1.00. The molecule has 0 aromatic carbocycles. The van der Waals surface area contributed by atoms with Gasteiger partial charge in [0.25, 0.3) is 0 Å². The van der Waals surface area contributed by atoms with Gasteiger partial charge < -0.3 is 10.2 Å². The van der Waals surface area contributed by atoms with Gasteiger partial charge in [-0.2, -0.15) is 0 Å². The molecule has 0 saturated carbocycles. The lowest BCUT2D eigenvalue weighted by atomic mass is 10.0. The molecule has 2 rings (SSSR count). The van der Waals surface area contributed by atoms with Crippen LogP contribution in [0, 0.1) is 0 Å². The van der Waals surface area contributed by atoms with Crippen LogP contribution in [0.25, 0.3) is 0 Å². The predicted molar refractivity (Wildman–Crippen MR) is 40.1 cm³/mol. The van der Waals surface area contributed by atoms with Crippen molar-refractivity contribution in [1.82, 2.24) is 10.2 Å². The molecule has 2 atom stereocenters. The van der Waals surface area contributed by atoms with Crippen LogP contribution in [0.15, 0.2) is 0 Å². The number of nitrogens with zero attached hydrogens (tertiary/aromatic N) is 1. The van der Waals surface area contributed by atoms with Crippen LogP contribution < -0.4 is 5.32 Å². The Morgan fingerprint density at radius 3 is 2.56 bits per heavy atom. The van der Waals surface area contributed by atoms with Gasteiger partial charge in [0.15, 0.2) is 0 Å². The molecule has 0 aromatic rings. The summed E-state index contributed by atoms with van der Waals surface area (Å²) in [6, 6.07) is 1.73. The SMILES string of the molecule is CN1CCC2NCC21.Cl. The lowest BCUT2D eigenvalue weighted by Gasteiger charge is -2.35. The van der Waals surface area contributed by atoms with Crippen molar-refractivity contribution in [3.63, 3.8) is 0 Å². The topological polar surface area (TPSA) is 15.3 Å². The van der Waals surface area contributed by atoms with Gasteiger partial charge in [-0.1, -0.05) is 0 Å². The van der Waals surface area contributed by atoms with E-state index in [9.17, 15) is 0 Å². The molecule has 54 valence electrons. The maximum Gasteiger partial charge on any atom is 0.0371 e. The highest BCUT2D eigenvalue weighted by atomic mass is 35.5. The number of fused-ring (bicyclic) bond motifs is 1. The van der Waals surface area contributed by atoms with E-state index in [0.717, 1.165) is 12.1 Å². The fourth-order valence-corrected chi connectivity index (χ4v) is 1.66. The lowest BCUT2D eigenvalue weighted by Crippen LogP contribution is -2.58. The third-order valence-corrected chi connectivity index (χ3v) is 2.41. The summed E-state index contributed by atoms with van der Waals surface area (Å²) in [7, 11) is 2.21. The average molecular weight is 149 g/mol. The summed E-state index contributed by atoms with van der Waals surface area (Å²) in [4.78, 5) is 2.45. The van der Waals surface area contributed by atoms with Crippen LogP contribution in [-0.4, -0.2) is 37.1 Å². The largest absolute Gasteiger partial charge is 0.311 e. The minimum atomic E-state index is 0. The van der Waals surface area contributed by atoms with Crippen LogP contribution in [0.4, 0.5) is 0 Å². The minimum Gasteiger partial charge on any atom is -0.311 e. The summed E-state index contributed by atoms with van der Waals surface area (Å²) < 4.78 is 0. The quantitative estimate of drug-likeness (QED) is 0.524. The Balaban J connectivity index is 0.000000405. The van der Waals surface area contributed by atoms with Gasteiger partial charge in [0.05, 0.1) is 0 Å². The molecule has 1 N–H and O–H groups in total. The van der Waals surface area contributed by atoms with Crippen molar-refractivity contribution in [2.45, 2.75) is 18.5 Å². The Hall–Kier alpha value is 0.210. The van der Waals surface area contributed by atoms with Crippen molar-refractivity contribution in [2.75, 3.05) is 20.1 Å². The zero-order valence-electron chi connectivity index (χ0n) is 5.63. The Bertz CT molecular complexity index is 101. The Morgan fingerprint density at radius 2 is 2.33 bits per heavy atom. The van der Waals surface area contributed by atoms with E-state index >= 15 is 0 Å². The Kier molecular flexibility index (Phi) is 1.99. The van der Waals surface area contributed by atoms with E-state index in [-0.39, 0.29) is 12.4 Å². The molecule has 9 heavy (non-hydrogen) atoms. The van der Waals surface area contributed by atoms with E-state index in [1.54, 1.807) is 0 Å². The van der Waals surface area contributed by atoms with Crippen molar-refractivity contribution >= 4 is 12.4 Å². The maximum absolute atomic E-state index is 3.40. The van der Waals surface area contributed by atoms with Crippen LogP contribution in [-0.2, 0) is 0 Å². The van der Waals surface area contributed by atoms with E-state index in [4.69, 9.17) is 0 Å². The molecule has 2 nitrogen and oxygen atoms in total. The fourth-order valence-electron chi connectivity index (χ4n) is 1.66. The van der Waals surface area contributed by atoms with Crippen LogP contribution in [0.2, 0.25) is 0 Å². The molecule has 2 heterocycles.